The molecule has 0 atom stereocenters. The topological polar surface area (TPSA) is 91.1 Å². The van der Waals surface area contributed by atoms with E-state index in [0.29, 0.717) is 21.9 Å². The van der Waals surface area contributed by atoms with Crippen LogP contribution in [0, 0.1) is 6.92 Å². The van der Waals surface area contributed by atoms with Gasteiger partial charge in [0.2, 0.25) is 5.89 Å². The summed E-state index contributed by atoms with van der Waals surface area (Å²) in [6.45, 7) is 1.88. The SMILES string of the molecule is Cc1cnn2ncn(Cc3nc(C4CC(F)(c5cccc(Cl)c5)C4)no3)c(=O)c12. The molecule has 29 heavy (non-hydrogen) atoms. The van der Waals surface area contributed by atoms with E-state index in [9.17, 15) is 4.79 Å². The molecule has 5 rings (SSSR count). The van der Waals surface area contributed by atoms with Crippen LogP contribution < -0.4 is 5.56 Å². The Kier molecular flexibility index (Phi) is 4.02. The van der Waals surface area contributed by atoms with Gasteiger partial charge in [0.25, 0.3) is 5.56 Å². The minimum Gasteiger partial charge on any atom is -0.337 e. The Bertz CT molecular complexity index is 1270. The first kappa shape index (κ1) is 18.0. The summed E-state index contributed by atoms with van der Waals surface area (Å²) in [6.07, 6.45) is 3.48. The quantitative estimate of drug-likeness (QED) is 0.509. The summed E-state index contributed by atoms with van der Waals surface area (Å²) in [5.41, 5.74) is 0.00363. The highest BCUT2D eigenvalue weighted by Gasteiger charge is 2.48. The number of rotatable bonds is 4. The van der Waals surface area contributed by atoms with Gasteiger partial charge < -0.3 is 4.52 Å². The fraction of sp³-hybridized carbons (Fsp3) is 0.316. The third-order valence-electron chi connectivity index (χ3n) is 5.33. The number of nitrogens with zero attached hydrogens (tertiary/aromatic N) is 6. The third kappa shape index (κ3) is 3.02. The average Bonchev–Trinajstić information content (AvgIpc) is 3.28. The number of halogens is 2. The van der Waals surface area contributed by atoms with Gasteiger partial charge in [0, 0.05) is 16.5 Å². The molecule has 0 radical (unpaired) electrons. The van der Waals surface area contributed by atoms with Crippen molar-refractivity contribution in [2.24, 2.45) is 0 Å². The van der Waals surface area contributed by atoms with E-state index in [1.807, 2.05) is 0 Å². The van der Waals surface area contributed by atoms with Gasteiger partial charge in [-0.25, -0.2) is 4.39 Å². The van der Waals surface area contributed by atoms with Crippen molar-refractivity contribution in [2.75, 3.05) is 0 Å². The van der Waals surface area contributed by atoms with Crippen molar-refractivity contribution >= 4 is 17.1 Å². The number of hydrogen-bond donors (Lipinski definition) is 0. The zero-order chi connectivity index (χ0) is 20.2. The maximum Gasteiger partial charge on any atom is 0.280 e. The Morgan fingerprint density at radius 2 is 2.17 bits per heavy atom. The lowest BCUT2D eigenvalue weighted by Crippen LogP contribution is -2.36. The number of aryl methyl sites for hydroxylation is 1. The minimum atomic E-state index is -1.44. The zero-order valence-electron chi connectivity index (χ0n) is 15.4. The highest BCUT2D eigenvalue weighted by molar-refractivity contribution is 6.30. The van der Waals surface area contributed by atoms with Crippen LogP contribution >= 0.6 is 11.6 Å². The largest absolute Gasteiger partial charge is 0.337 e. The highest BCUT2D eigenvalue weighted by atomic mass is 35.5. The smallest absolute Gasteiger partial charge is 0.280 e. The molecule has 0 amide bonds. The summed E-state index contributed by atoms with van der Waals surface area (Å²) in [4.78, 5) is 17.0. The van der Waals surface area contributed by atoms with Gasteiger partial charge in [0.05, 0.1) is 6.20 Å². The van der Waals surface area contributed by atoms with Crippen LogP contribution in [0.25, 0.3) is 5.52 Å². The van der Waals surface area contributed by atoms with Gasteiger partial charge in [0.15, 0.2) is 11.3 Å². The predicted molar refractivity (Wildman–Crippen MR) is 102 cm³/mol. The van der Waals surface area contributed by atoms with Gasteiger partial charge in [-0.15, -0.1) is 9.73 Å². The van der Waals surface area contributed by atoms with Crippen molar-refractivity contribution < 1.29 is 8.91 Å². The Hall–Kier alpha value is -3.07. The van der Waals surface area contributed by atoms with Crippen molar-refractivity contribution in [3.63, 3.8) is 0 Å². The first-order valence-corrected chi connectivity index (χ1v) is 9.48. The lowest BCUT2D eigenvalue weighted by molar-refractivity contribution is 0.0336. The minimum absolute atomic E-state index is 0.0851. The van der Waals surface area contributed by atoms with Gasteiger partial charge >= 0.3 is 0 Å². The molecular weight excluding hydrogens is 399 g/mol. The Labute approximate surface area is 168 Å². The summed E-state index contributed by atoms with van der Waals surface area (Å²) in [7, 11) is 0. The molecule has 0 unspecified atom stereocenters. The Morgan fingerprint density at radius 1 is 1.34 bits per heavy atom. The number of hydrogen-bond acceptors (Lipinski definition) is 6. The molecule has 8 nitrogen and oxygen atoms in total. The van der Waals surface area contributed by atoms with E-state index >= 15 is 4.39 Å². The molecule has 1 aromatic carbocycles. The first-order chi connectivity index (χ1) is 13.9. The summed E-state index contributed by atoms with van der Waals surface area (Å²) in [5.74, 6) is 0.563. The molecule has 0 saturated heterocycles. The molecule has 0 spiro atoms. The van der Waals surface area contributed by atoms with Crippen molar-refractivity contribution in [3.05, 3.63) is 75.0 Å². The predicted octanol–water partition coefficient (Wildman–Crippen LogP) is 3.03. The summed E-state index contributed by atoms with van der Waals surface area (Å²) >= 11 is 5.97. The monoisotopic (exact) mass is 414 g/mol. The van der Waals surface area contributed by atoms with Crippen LogP contribution in [-0.2, 0) is 12.2 Å². The fourth-order valence-electron chi connectivity index (χ4n) is 3.72. The van der Waals surface area contributed by atoms with Gasteiger partial charge in [-0.1, -0.05) is 28.9 Å². The van der Waals surface area contributed by atoms with Crippen LogP contribution in [0.3, 0.4) is 0 Å². The molecule has 4 aromatic rings. The molecular formula is C19H16ClFN6O2. The highest BCUT2D eigenvalue weighted by Crippen LogP contribution is 2.53. The molecule has 3 heterocycles. The van der Waals surface area contributed by atoms with E-state index in [0.717, 1.165) is 5.56 Å². The average molecular weight is 415 g/mol. The third-order valence-corrected chi connectivity index (χ3v) is 5.57. The lowest BCUT2D eigenvalue weighted by Gasteiger charge is -2.40. The molecule has 1 aliphatic carbocycles. The van der Waals surface area contributed by atoms with E-state index in [-0.39, 0.29) is 36.8 Å². The lowest BCUT2D eigenvalue weighted by atomic mass is 9.68. The van der Waals surface area contributed by atoms with Gasteiger partial charge in [-0.2, -0.15) is 10.1 Å². The maximum absolute atomic E-state index is 15.1. The number of alkyl halides is 1. The summed E-state index contributed by atoms with van der Waals surface area (Å²) in [5, 5.41) is 12.6. The molecule has 3 aromatic heterocycles. The van der Waals surface area contributed by atoms with E-state index in [1.165, 1.54) is 15.5 Å². The fourth-order valence-corrected chi connectivity index (χ4v) is 3.91. The Balaban J connectivity index is 1.33. The zero-order valence-corrected chi connectivity index (χ0v) is 16.2. The van der Waals surface area contributed by atoms with Crippen LogP contribution in [0.2, 0.25) is 5.02 Å². The van der Waals surface area contributed by atoms with E-state index in [4.69, 9.17) is 16.1 Å². The second-order valence-corrected chi connectivity index (χ2v) is 7.79. The van der Waals surface area contributed by atoms with E-state index in [1.54, 1.807) is 37.4 Å². The second kappa shape index (κ2) is 6.48. The molecule has 1 fully saturated rings. The molecule has 0 bridgehead atoms. The van der Waals surface area contributed by atoms with Gasteiger partial charge in [-0.3, -0.25) is 9.36 Å². The van der Waals surface area contributed by atoms with Crippen LogP contribution in [0.1, 0.15) is 41.6 Å². The van der Waals surface area contributed by atoms with Crippen molar-refractivity contribution in [1.82, 2.24) is 29.5 Å². The molecule has 0 N–H and O–H groups in total. The van der Waals surface area contributed by atoms with E-state index in [2.05, 4.69) is 20.3 Å². The normalized spacial score (nSPS) is 21.4. The van der Waals surface area contributed by atoms with Crippen molar-refractivity contribution in [1.29, 1.82) is 0 Å². The molecule has 10 heteroatoms. The molecule has 1 aliphatic rings. The first-order valence-electron chi connectivity index (χ1n) is 9.10. The van der Waals surface area contributed by atoms with Gasteiger partial charge in [-0.05, 0) is 37.5 Å². The van der Waals surface area contributed by atoms with Crippen molar-refractivity contribution in [2.45, 2.75) is 37.9 Å². The number of fused-ring (bicyclic) bond motifs is 1. The summed E-state index contributed by atoms with van der Waals surface area (Å²) < 4.78 is 23.1. The second-order valence-electron chi connectivity index (χ2n) is 7.36. The van der Waals surface area contributed by atoms with Crippen LogP contribution in [0.5, 0.6) is 0 Å². The molecule has 0 aliphatic heterocycles. The van der Waals surface area contributed by atoms with Crippen molar-refractivity contribution in [3.8, 4) is 0 Å². The Morgan fingerprint density at radius 3 is 2.97 bits per heavy atom. The van der Waals surface area contributed by atoms with Crippen LogP contribution in [0.15, 0.2) is 46.1 Å². The summed E-state index contributed by atoms with van der Waals surface area (Å²) in [6, 6.07) is 6.84. The number of aromatic nitrogens is 6. The maximum atomic E-state index is 15.1. The standard InChI is InChI=1S/C19H16ClFN6O2/c1-11-8-22-27-16(11)18(28)26(10-23-27)9-15-24-17(25-29-15)12-6-19(21,7-12)13-3-2-4-14(20)5-13/h2-5,8,10,12H,6-7,9H2,1H3. The van der Waals surface area contributed by atoms with Gasteiger partial charge in [0.1, 0.15) is 18.5 Å². The molecule has 1 saturated carbocycles. The van der Waals surface area contributed by atoms with E-state index < -0.39 is 5.67 Å². The van der Waals surface area contributed by atoms with Crippen LogP contribution in [-0.4, -0.2) is 29.5 Å². The van der Waals surface area contributed by atoms with Crippen LogP contribution in [0.4, 0.5) is 4.39 Å². The number of benzene rings is 1. The molecule has 148 valence electrons.